The van der Waals surface area contributed by atoms with Crippen molar-refractivity contribution < 1.29 is 14.3 Å². The van der Waals surface area contributed by atoms with E-state index in [4.69, 9.17) is 0 Å². The van der Waals surface area contributed by atoms with Crippen molar-refractivity contribution in [2.24, 2.45) is 5.10 Å². The van der Waals surface area contributed by atoms with Crippen LogP contribution in [0.15, 0.2) is 41.5 Å². The number of hydrogen-bond acceptors (Lipinski definition) is 6. The van der Waals surface area contributed by atoms with E-state index in [9.17, 15) is 14.3 Å². The van der Waals surface area contributed by atoms with Crippen LogP contribution in [0.1, 0.15) is 41.6 Å². The molecule has 2 aromatic carbocycles. The molecule has 2 N–H and O–H groups in total. The van der Waals surface area contributed by atoms with Gasteiger partial charge in [-0.05, 0) is 62.1 Å². The molecule has 0 aromatic heterocycles. The molecule has 8 heteroatoms. The number of nitrogens with zero attached hydrogens (tertiary/aromatic N) is 4. The number of hydrazone groups is 1. The molecule has 7 nitrogen and oxygen atoms in total. The number of halogens is 1. The van der Waals surface area contributed by atoms with Gasteiger partial charge in [-0.25, -0.2) is 4.39 Å². The molecular formula is C25H30FN5O2. The Kier molecular flexibility index (Phi) is 6.17. The Morgan fingerprint density at radius 1 is 1.03 bits per heavy atom. The fraction of sp³-hybridized carbons (Fsp3) is 0.440. The van der Waals surface area contributed by atoms with E-state index < -0.39 is 17.5 Å². The lowest BCUT2D eigenvalue weighted by molar-refractivity contribution is 0.102. The molecule has 2 aromatic rings. The number of carbonyl (C=O) groups is 1. The third-order valence-corrected chi connectivity index (χ3v) is 6.67. The van der Waals surface area contributed by atoms with E-state index in [1.807, 2.05) is 29.3 Å². The number of aromatic hydroxyl groups is 1. The average Bonchev–Trinajstić information content (AvgIpc) is 3.54. The number of anilines is 2. The predicted octanol–water partition coefficient (Wildman–Crippen LogP) is 3.50. The van der Waals surface area contributed by atoms with Crippen molar-refractivity contribution in [2.75, 3.05) is 49.5 Å². The van der Waals surface area contributed by atoms with Crippen molar-refractivity contribution in [3.8, 4) is 5.75 Å². The highest BCUT2D eigenvalue weighted by atomic mass is 19.1. The molecule has 1 amide bonds. The summed E-state index contributed by atoms with van der Waals surface area (Å²) in [4.78, 5) is 17.5. The van der Waals surface area contributed by atoms with Crippen LogP contribution in [0.3, 0.4) is 0 Å². The van der Waals surface area contributed by atoms with Crippen LogP contribution >= 0.6 is 0 Å². The van der Waals surface area contributed by atoms with Gasteiger partial charge in [0.05, 0.1) is 6.21 Å². The number of amides is 1. The summed E-state index contributed by atoms with van der Waals surface area (Å²) in [5, 5.41) is 19.3. The number of benzene rings is 2. The molecule has 2 aliphatic heterocycles. The molecule has 0 bridgehead atoms. The van der Waals surface area contributed by atoms with Gasteiger partial charge in [0.2, 0.25) is 0 Å². The van der Waals surface area contributed by atoms with E-state index in [2.05, 4.69) is 20.2 Å². The molecule has 5 rings (SSSR count). The Balaban J connectivity index is 1.24. The first-order valence-corrected chi connectivity index (χ1v) is 11.8. The lowest BCUT2D eigenvalue weighted by Crippen LogP contribution is -2.45. The molecule has 174 valence electrons. The van der Waals surface area contributed by atoms with Crippen molar-refractivity contribution in [1.29, 1.82) is 0 Å². The second-order valence-electron chi connectivity index (χ2n) is 9.06. The molecule has 0 radical (unpaired) electrons. The Hall–Kier alpha value is -3.13. The lowest BCUT2D eigenvalue weighted by atomic mass is 10.1. The van der Waals surface area contributed by atoms with Crippen molar-refractivity contribution in [3.05, 3.63) is 53.3 Å². The number of rotatable bonds is 6. The summed E-state index contributed by atoms with van der Waals surface area (Å²) in [5.74, 6) is -1.77. The third-order valence-electron chi connectivity index (χ3n) is 6.67. The van der Waals surface area contributed by atoms with Crippen LogP contribution in [-0.2, 0) is 0 Å². The van der Waals surface area contributed by atoms with Gasteiger partial charge >= 0.3 is 0 Å². The fourth-order valence-corrected chi connectivity index (χ4v) is 4.56. The maximum atomic E-state index is 14.4. The lowest BCUT2D eigenvalue weighted by Gasteiger charge is -2.33. The zero-order valence-corrected chi connectivity index (χ0v) is 18.7. The largest absolute Gasteiger partial charge is 0.504 e. The summed E-state index contributed by atoms with van der Waals surface area (Å²) < 4.78 is 14.4. The Labute approximate surface area is 193 Å². The molecular weight excluding hydrogens is 421 g/mol. The second-order valence-corrected chi connectivity index (χ2v) is 9.06. The van der Waals surface area contributed by atoms with Gasteiger partial charge in [-0.2, -0.15) is 5.10 Å². The van der Waals surface area contributed by atoms with E-state index in [1.54, 1.807) is 0 Å². The van der Waals surface area contributed by atoms with Gasteiger partial charge < -0.3 is 15.3 Å². The highest BCUT2D eigenvalue weighted by molar-refractivity contribution is 6.05. The van der Waals surface area contributed by atoms with E-state index >= 15 is 0 Å². The minimum absolute atomic E-state index is 0.133. The van der Waals surface area contributed by atoms with E-state index in [1.165, 1.54) is 38.0 Å². The zero-order valence-electron chi connectivity index (χ0n) is 18.7. The van der Waals surface area contributed by atoms with Crippen LogP contribution in [0.2, 0.25) is 0 Å². The van der Waals surface area contributed by atoms with E-state index in [-0.39, 0.29) is 11.1 Å². The third kappa shape index (κ3) is 5.11. The molecule has 3 aliphatic rings. The monoisotopic (exact) mass is 451 g/mol. The molecule has 33 heavy (non-hydrogen) atoms. The molecule has 0 atom stereocenters. The maximum Gasteiger partial charge on any atom is 0.255 e. The number of nitrogens with one attached hydrogen (secondary N) is 1. The molecule has 1 saturated carbocycles. The second kappa shape index (κ2) is 9.39. The first kappa shape index (κ1) is 21.7. The predicted molar refractivity (Wildman–Crippen MR) is 128 cm³/mol. The standard InChI is InChI=1S/C25H30FN5O2/c26-23-16-18(25(33)28-20-3-5-21(6-4-20)29-9-1-2-10-29)15-19(24(23)32)17-27-31-13-11-30(12-14-31)22-7-8-22/h3-6,15-17,22,32H,1-2,7-14H2,(H,28,33). The van der Waals surface area contributed by atoms with Crippen molar-refractivity contribution in [1.82, 2.24) is 9.91 Å². The van der Waals surface area contributed by atoms with E-state index in [0.29, 0.717) is 5.69 Å². The van der Waals surface area contributed by atoms with Gasteiger partial charge in [-0.15, -0.1) is 0 Å². The van der Waals surface area contributed by atoms with Crippen LogP contribution in [0, 0.1) is 5.82 Å². The SMILES string of the molecule is O=C(Nc1ccc(N2CCCC2)cc1)c1cc(F)c(O)c(C=NN2CCN(C3CC3)CC2)c1. The molecule has 0 unspecified atom stereocenters. The molecule has 2 heterocycles. The molecule has 1 aliphatic carbocycles. The smallest absolute Gasteiger partial charge is 0.255 e. The first-order chi connectivity index (χ1) is 16.1. The van der Waals surface area contributed by atoms with Crippen LogP contribution in [0.4, 0.5) is 15.8 Å². The van der Waals surface area contributed by atoms with Crippen molar-refractivity contribution in [2.45, 2.75) is 31.7 Å². The minimum Gasteiger partial charge on any atom is -0.504 e. The summed E-state index contributed by atoms with van der Waals surface area (Å²) in [6.45, 7) is 5.62. The summed E-state index contributed by atoms with van der Waals surface area (Å²) in [6.07, 6.45) is 6.41. The minimum atomic E-state index is -0.841. The van der Waals surface area contributed by atoms with Crippen molar-refractivity contribution >= 4 is 23.5 Å². The van der Waals surface area contributed by atoms with Crippen LogP contribution in [-0.4, -0.2) is 72.4 Å². The highest BCUT2D eigenvalue weighted by Gasteiger charge is 2.30. The molecule has 0 spiro atoms. The van der Waals surface area contributed by atoms with Gasteiger partial charge in [0.1, 0.15) is 0 Å². The highest BCUT2D eigenvalue weighted by Crippen LogP contribution is 2.28. The first-order valence-electron chi connectivity index (χ1n) is 11.8. The normalized spacial score (nSPS) is 19.4. The number of hydrogen-bond donors (Lipinski definition) is 2. The fourth-order valence-electron chi connectivity index (χ4n) is 4.56. The van der Waals surface area contributed by atoms with Crippen LogP contribution in [0.25, 0.3) is 0 Å². The molecule has 3 fully saturated rings. The summed E-state index contributed by atoms with van der Waals surface area (Å²) in [6, 6.07) is 10.9. The number of phenols is 1. The summed E-state index contributed by atoms with van der Waals surface area (Å²) >= 11 is 0. The summed E-state index contributed by atoms with van der Waals surface area (Å²) in [7, 11) is 0. The topological polar surface area (TPSA) is 71.4 Å². The van der Waals surface area contributed by atoms with Gasteiger partial charge in [-0.1, -0.05) is 0 Å². The quantitative estimate of drug-likeness (QED) is 0.658. The summed E-state index contributed by atoms with van der Waals surface area (Å²) in [5.41, 5.74) is 2.10. The number of piperazine rings is 1. The molecule has 2 saturated heterocycles. The Morgan fingerprint density at radius 3 is 2.39 bits per heavy atom. The van der Waals surface area contributed by atoms with Gasteiger partial charge in [0.25, 0.3) is 5.91 Å². The number of phenolic OH excluding ortho intramolecular Hbond substituents is 1. The number of carbonyl (C=O) groups excluding carboxylic acids is 1. The van der Waals surface area contributed by atoms with E-state index in [0.717, 1.165) is 57.1 Å². The van der Waals surface area contributed by atoms with Crippen molar-refractivity contribution in [3.63, 3.8) is 0 Å². The van der Waals surface area contributed by atoms with Crippen LogP contribution < -0.4 is 10.2 Å². The Morgan fingerprint density at radius 2 is 1.73 bits per heavy atom. The van der Waals surface area contributed by atoms with Gasteiger partial charge in [0.15, 0.2) is 11.6 Å². The van der Waals surface area contributed by atoms with Gasteiger partial charge in [0, 0.05) is 67.8 Å². The van der Waals surface area contributed by atoms with Crippen LogP contribution in [0.5, 0.6) is 5.75 Å². The average molecular weight is 452 g/mol. The van der Waals surface area contributed by atoms with Gasteiger partial charge in [-0.3, -0.25) is 14.7 Å². The zero-order chi connectivity index (χ0) is 22.8. The Bertz CT molecular complexity index is 1020. The maximum absolute atomic E-state index is 14.4.